The smallest absolute Gasteiger partial charge is 0.338 e. The fraction of sp³-hybridized carbons (Fsp3) is 0.835. The molecule has 7 fully saturated rings. The summed E-state index contributed by atoms with van der Waals surface area (Å²) in [6, 6.07) is 7.76. The third-order valence-corrected chi connectivity index (χ3v) is 25.3. The van der Waals surface area contributed by atoms with E-state index in [2.05, 4.69) is 134 Å². The molecule has 12 nitrogen and oxygen atoms in total. The van der Waals surface area contributed by atoms with E-state index in [0.717, 1.165) is 136 Å². The maximum atomic E-state index is 14.6. The van der Waals surface area contributed by atoms with Gasteiger partial charge in [-0.2, -0.15) is 0 Å². The lowest BCUT2D eigenvalue weighted by molar-refractivity contribution is 0.0154. The average Bonchev–Trinajstić information content (AvgIpc) is 1.10. The molecule has 6 aliphatic carbocycles. The summed E-state index contributed by atoms with van der Waals surface area (Å²) in [4.78, 5) is 34.2. The van der Waals surface area contributed by atoms with Gasteiger partial charge in [0.15, 0.2) is 23.0 Å². The first-order chi connectivity index (χ1) is 46.3. The lowest BCUT2D eigenvalue weighted by atomic mass is 9.75. The fourth-order valence-corrected chi connectivity index (χ4v) is 19.0. The minimum Gasteiger partial charge on any atom is -0.486 e. The topological polar surface area (TPSA) is 114 Å². The molecule has 18 unspecified atom stereocenters. The van der Waals surface area contributed by atoms with Gasteiger partial charge in [0.2, 0.25) is 11.5 Å². The number of carbonyl (C=O) groups excluding carboxylic acids is 2. The quantitative estimate of drug-likeness (QED) is 0.0597. The van der Waals surface area contributed by atoms with Crippen molar-refractivity contribution in [1.29, 1.82) is 0 Å². The number of benzene rings is 2. The zero-order valence-corrected chi connectivity index (χ0v) is 64.6. The van der Waals surface area contributed by atoms with Crippen LogP contribution in [-0.2, 0) is 9.47 Å². The van der Waals surface area contributed by atoms with Gasteiger partial charge >= 0.3 is 11.9 Å². The lowest BCUT2D eigenvalue weighted by Crippen LogP contribution is -2.39. The molecule has 0 amide bonds. The van der Waals surface area contributed by atoms with Crippen LogP contribution in [0.3, 0.4) is 0 Å². The Hall–Kier alpha value is -3.90. The summed E-state index contributed by atoms with van der Waals surface area (Å²) in [5, 5.41) is 0. The highest BCUT2D eigenvalue weighted by atomic mass is 16.6. The van der Waals surface area contributed by atoms with Gasteiger partial charge in [0.25, 0.3) is 0 Å². The molecule has 0 bridgehead atoms. The third kappa shape index (κ3) is 21.4. The standard InChI is InChI=1S/C85H140N2O10/c1-52(2)66-28-22-58(13)42-72(66)92-78-48-64(49-79(93-73-43-59(14)23-29-67(73)53(3)4)82(78)96-76-46-62(17)26-32-70(76)56(9)10)84(88)90-40-20-36-86-34-19-35-87(39-38-86)37-21-41-91-85(89)65-50-80(94-74-44-60(15)24-30-68(74)54(5)6)83(97-77-47-63(18)27-33-71(77)57(11)12)81(51-65)95-75-45-61(16)25-31-69(75)55(7)8/h48-63,66-77H,19-47H2,1-18H3. The Kier molecular flexibility index (Phi) is 28.9. The van der Waals surface area contributed by atoms with Crippen LogP contribution in [0, 0.1) is 107 Å². The second-order valence-corrected chi connectivity index (χ2v) is 35.5. The highest BCUT2D eigenvalue weighted by molar-refractivity contribution is 5.92. The number of carbonyl (C=O) groups is 2. The molecule has 2 aromatic rings. The van der Waals surface area contributed by atoms with Gasteiger partial charge in [0.05, 0.1) is 24.3 Å². The van der Waals surface area contributed by atoms with Gasteiger partial charge in [-0.25, -0.2) is 9.59 Å². The summed E-state index contributed by atoms with van der Waals surface area (Å²) in [5.41, 5.74) is 0.942. The summed E-state index contributed by atoms with van der Waals surface area (Å²) in [7, 11) is 0. The summed E-state index contributed by atoms with van der Waals surface area (Å²) in [5.74, 6) is 11.8. The molecular weight excluding hydrogens is 1210 g/mol. The van der Waals surface area contributed by atoms with E-state index >= 15 is 0 Å². The minimum atomic E-state index is -0.342. The van der Waals surface area contributed by atoms with E-state index in [1.165, 1.54) is 38.5 Å². The first-order valence-corrected chi connectivity index (χ1v) is 40.4. The number of rotatable bonds is 28. The molecule has 12 heteroatoms. The summed E-state index contributed by atoms with van der Waals surface area (Å²) < 4.78 is 56.7. The van der Waals surface area contributed by atoms with Crippen LogP contribution < -0.4 is 28.4 Å². The van der Waals surface area contributed by atoms with Crippen LogP contribution in [0.1, 0.15) is 280 Å². The van der Waals surface area contributed by atoms with Crippen molar-refractivity contribution in [1.82, 2.24) is 9.80 Å². The molecule has 0 aromatic heterocycles. The molecular formula is C85H140N2O10. The van der Waals surface area contributed by atoms with Gasteiger partial charge < -0.3 is 47.7 Å². The molecule has 9 rings (SSSR count). The molecule has 550 valence electrons. The predicted molar refractivity (Wildman–Crippen MR) is 395 cm³/mol. The predicted octanol–water partition coefficient (Wildman–Crippen LogP) is 20.5. The maximum absolute atomic E-state index is 14.6. The van der Waals surface area contributed by atoms with Crippen molar-refractivity contribution in [3.8, 4) is 34.5 Å². The average molecular weight is 1350 g/mol. The molecule has 2 aromatic carbocycles. The summed E-state index contributed by atoms with van der Waals surface area (Å²) in [6.07, 6.45) is 22.4. The van der Waals surface area contributed by atoms with Crippen molar-refractivity contribution in [2.75, 3.05) is 52.5 Å². The zero-order chi connectivity index (χ0) is 69.8. The Bertz CT molecular complexity index is 2450. The number of hydrogen-bond donors (Lipinski definition) is 0. The number of nitrogens with zero attached hydrogens (tertiary/aromatic N) is 2. The molecule has 0 spiro atoms. The normalized spacial score (nSPS) is 32.7. The number of hydrogen-bond acceptors (Lipinski definition) is 12. The molecule has 0 radical (unpaired) electrons. The molecule has 18 atom stereocenters. The largest absolute Gasteiger partial charge is 0.486 e. The monoisotopic (exact) mass is 1350 g/mol. The Morgan fingerprint density at radius 2 is 0.567 bits per heavy atom. The van der Waals surface area contributed by atoms with E-state index in [1.54, 1.807) is 0 Å². The van der Waals surface area contributed by atoms with Crippen LogP contribution in [0.15, 0.2) is 24.3 Å². The van der Waals surface area contributed by atoms with Gasteiger partial charge in [-0.05, 0) is 240 Å². The van der Waals surface area contributed by atoms with E-state index in [9.17, 15) is 9.59 Å². The summed E-state index contributed by atoms with van der Waals surface area (Å²) >= 11 is 0. The molecule has 0 N–H and O–H groups in total. The Morgan fingerprint density at radius 3 is 0.794 bits per heavy atom. The third-order valence-electron chi connectivity index (χ3n) is 25.3. The van der Waals surface area contributed by atoms with Crippen LogP contribution in [0.5, 0.6) is 34.5 Å². The zero-order valence-electron chi connectivity index (χ0n) is 64.6. The van der Waals surface area contributed by atoms with Crippen molar-refractivity contribution in [3.63, 3.8) is 0 Å². The van der Waals surface area contributed by atoms with E-state index in [0.29, 0.717) is 165 Å². The van der Waals surface area contributed by atoms with Crippen LogP contribution in [-0.4, -0.2) is 111 Å². The fourth-order valence-electron chi connectivity index (χ4n) is 19.0. The summed E-state index contributed by atoms with van der Waals surface area (Å²) in [6.45, 7) is 48.3. The molecule has 1 saturated heterocycles. The van der Waals surface area contributed by atoms with Crippen molar-refractivity contribution < 1.29 is 47.5 Å². The highest BCUT2D eigenvalue weighted by Gasteiger charge is 2.42. The SMILES string of the molecule is CC1CCC(C(C)C)C(Oc2cc(C(=O)OCCCN3CCCN(CCCOC(=O)c4cc(OC5CC(C)CCC5C(C)C)c(OC5CC(C)CCC5C(C)C)c(OC5CC(C)CCC5C(C)C)c4)CC3)cc(OC3CC(C)CCC3C(C)C)c2OC2CC(C)CCC2C(C)C)C1. The van der Waals surface area contributed by atoms with Gasteiger partial charge in [-0.1, -0.05) is 163 Å². The lowest BCUT2D eigenvalue weighted by Gasteiger charge is -2.40. The van der Waals surface area contributed by atoms with Gasteiger partial charge in [0, 0.05) is 26.2 Å². The molecule has 1 aliphatic heterocycles. The van der Waals surface area contributed by atoms with Crippen molar-refractivity contribution in [2.45, 2.75) is 296 Å². The van der Waals surface area contributed by atoms with Crippen molar-refractivity contribution in [3.05, 3.63) is 35.4 Å². The molecule has 7 aliphatic rings. The molecule has 97 heavy (non-hydrogen) atoms. The Balaban J connectivity index is 0.858. The highest BCUT2D eigenvalue weighted by Crippen LogP contribution is 2.51. The second-order valence-electron chi connectivity index (χ2n) is 35.5. The second kappa shape index (κ2) is 36.3. The Labute approximate surface area is 591 Å². The number of ether oxygens (including phenoxy) is 8. The first kappa shape index (κ1) is 77.3. The van der Waals surface area contributed by atoms with Crippen molar-refractivity contribution >= 4 is 11.9 Å². The molecule has 6 saturated carbocycles. The van der Waals surface area contributed by atoms with Crippen LogP contribution >= 0.6 is 0 Å². The maximum Gasteiger partial charge on any atom is 0.338 e. The van der Waals surface area contributed by atoms with Gasteiger partial charge in [-0.3, -0.25) is 0 Å². The number of esters is 2. The first-order valence-electron chi connectivity index (χ1n) is 40.4. The van der Waals surface area contributed by atoms with Crippen molar-refractivity contribution in [2.24, 2.45) is 107 Å². The minimum absolute atomic E-state index is 0.00413. The van der Waals surface area contributed by atoms with E-state index < -0.39 is 0 Å². The van der Waals surface area contributed by atoms with E-state index in [1.807, 2.05) is 24.3 Å². The van der Waals surface area contributed by atoms with E-state index in [-0.39, 0.29) is 48.6 Å². The Morgan fingerprint density at radius 1 is 0.340 bits per heavy atom. The molecule has 1 heterocycles. The van der Waals surface area contributed by atoms with Crippen LogP contribution in [0.2, 0.25) is 0 Å². The van der Waals surface area contributed by atoms with Gasteiger partial charge in [-0.15, -0.1) is 0 Å². The van der Waals surface area contributed by atoms with Crippen LogP contribution in [0.25, 0.3) is 0 Å². The van der Waals surface area contributed by atoms with Gasteiger partial charge in [0.1, 0.15) is 36.6 Å². The van der Waals surface area contributed by atoms with E-state index in [4.69, 9.17) is 37.9 Å². The van der Waals surface area contributed by atoms with Crippen LogP contribution in [0.4, 0.5) is 0 Å².